The number of carbonyl (C=O) groups is 2. The van der Waals surface area contributed by atoms with Gasteiger partial charge in [0, 0.05) is 0 Å². The summed E-state index contributed by atoms with van der Waals surface area (Å²) in [6, 6.07) is 15.0. The number of aryl methyl sites for hydroxylation is 1. The molecule has 1 atom stereocenters. The van der Waals surface area contributed by atoms with Gasteiger partial charge < -0.3 is 9.47 Å². The maximum atomic E-state index is 12.1. The van der Waals surface area contributed by atoms with Crippen LogP contribution in [0.1, 0.15) is 37.8 Å². The zero-order valence-electron chi connectivity index (χ0n) is 16.1. The summed E-state index contributed by atoms with van der Waals surface area (Å²) in [6.07, 6.45) is -0.757. The van der Waals surface area contributed by atoms with Crippen molar-refractivity contribution in [2.75, 3.05) is 6.61 Å². The molecule has 0 aliphatic heterocycles. The Bertz CT molecular complexity index is 772. The number of hydrogen-bond donors (Lipinski definition) is 2. The van der Waals surface area contributed by atoms with E-state index in [-0.39, 0.29) is 6.61 Å². The second-order valence-electron chi connectivity index (χ2n) is 6.63. The van der Waals surface area contributed by atoms with Crippen LogP contribution in [0.4, 0.5) is 0 Å². The predicted octanol–water partition coefficient (Wildman–Crippen LogP) is 3.11. The molecule has 2 aromatic carbocycles. The average Bonchev–Trinajstić information content (AvgIpc) is 2.64. The second-order valence-corrected chi connectivity index (χ2v) is 6.63. The van der Waals surface area contributed by atoms with Gasteiger partial charge in [-0.25, -0.2) is 0 Å². The Labute approximate surface area is 159 Å². The molecule has 144 valence electrons. The monoisotopic (exact) mass is 370 g/mol. The van der Waals surface area contributed by atoms with Crippen LogP contribution < -0.4 is 20.3 Å². The minimum Gasteiger partial charge on any atom is -0.484 e. The van der Waals surface area contributed by atoms with Gasteiger partial charge in [0.25, 0.3) is 11.8 Å². The first-order valence-electron chi connectivity index (χ1n) is 8.90. The highest BCUT2D eigenvalue weighted by atomic mass is 16.5. The molecule has 6 nitrogen and oxygen atoms in total. The van der Waals surface area contributed by atoms with Gasteiger partial charge in [0.05, 0.1) is 0 Å². The van der Waals surface area contributed by atoms with Crippen LogP contribution in [0.3, 0.4) is 0 Å². The molecule has 0 saturated heterocycles. The Kier molecular flexibility index (Phi) is 7.23. The molecule has 0 aliphatic carbocycles. The van der Waals surface area contributed by atoms with Gasteiger partial charge in [-0.2, -0.15) is 0 Å². The molecule has 0 unspecified atom stereocenters. The molecule has 0 saturated carbocycles. The number of nitrogens with one attached hydrogen (secondary N) is 2. The van der Waals surface area contributed by atoms with Gasteiger partial charge in [-0.15, -0.1) is 0 Å². The van der Waals surface area contributed by atoms with Crippen molar-refractivity contribution in [2.24, 2.45) is 0 Å². The summed E-state index contributed by atoms with van der Waals surface area (Å²) >= 11 is 0. The van der Waals surface area contributed by atoms with Crippen molar-refractivity contribution in [3.63, 3.8) is 0 Å². The quantitative estimate of drug-likeness (QED) is 0.734. The first-order valence-corrected chi connectivity index (χ1v) is 8.90. The fourth-order valence-corrected chi connectivity index (χ4v) is 2.31. The van der Waals surface area contributed by atoms with Crippen LogP contribution in [-0.4, -0.2) is 24.5 Å². The highest BCUT2D eigenvalue weighted by Crippen LogP contribution is 2.19. The van der Waals surface area contributed by atoms with Crippen molar-refractivity contribution in [1.29, 1.82) is 0 Å². The molecular weight excluding hydrogens is 344 g/mol. The minimum atomic E-state index is -0.757. The van der Waals surface area contributed by atoms with E-state index in [1.807, 2.05) is 49.4 Å². The summed E-state index contributed by atoms with van der Waals surface area (Å²) in [6.45, 7) is 7.57. The molecule has 0 radical (unpaired) electrons. The van der Waals surface area contributed by atoms with Gasteiger partial charge in [0.2, 0.25) is 0 Å². The number of hydrogen-bond acceptors (Lipinski definition) is 4. The lowest BCUT2D eigenvalue weighted by Crippen LogP contribution is -2.48. The van der Waals surface area contributed by atoms with Gasteiger partial charge in [-0.3, -0.25) is 20.4 Å². The van der Waals surface area contributed by atoms with E-state index in [0.717, 1.165) is 5.56 Å². The number of carbonyl (C=O) groups excluding carboxylic acids is 2. The molecule has 2 rings (SSSR count). The Hall–Kier alpha value is -3.02. The van der Waals surface area contributed by atoms with Gasteiger partial charge in [0.15, 0.2) is 12.7 Å². The van der Waals surface area contributed by atoms with E-state index in [2.05, 4.69) is 24.7 Å². The average molecular weight is 370 g/mol. The molecule has 0 heterocycles. The van der Waals surface area contributed by atoms with E-state index in [4.69, 9.17) is 9.47 Å². The fourth-order valence-electron chi connectivity index (χ4n) is 2.31. The second kappa shape index (κ2) is 9.62. The van der Waals surface area contributed by atoms with Crippen molar-refractivity contribution < 1.29 is 19.1 Å². The van der Waals surface area contributed by atoms with Crippen molar-refractivity contribution >= 4 is 11.8 Å². The number of hydrazine groups is 1. The fraction of sp³-hybridized carbons (Fsp3) is 0.333. The molecule has 0 aliphatic rings. The molecule has 2 N–H and O–H groups in total. The summed E-state index contributed by atoms with van der Waals surface area (Å²) in [5.41, 5.74) is 6.88. The standard InChI is InChI=1S/C21H26N2O4/c1-14(2)17-8-10-18(11-9-17)27-16(4)21(25)23-22-20(24)13-26-19-7-5-6-15(3)12-19/h5-12,14,16H,13H2,1-4H3,(H,22,24)(H,23,25)/t16-/m1/s1. The van der Waals surface area contributed by atoms with E-state index < -0.39 is 17.9 Å². The van der Waals surface area contributed by atoms with E-state index >= 15 is 0 Å². The molecule has 0 aromatic heterocycles. The molecule has 27 heavy (non-hydrogen) atoms. The Morgan fingerprint density at radius 1 is 0.963 bits per heavy atom. The summed E-state index contributed by atoms with van der Waals surface area (Å²) in [4.78, 5) is 23.9. The molecule has 2 aromatic rings. The van der Waals surface area contributed by atoms with Crippen molar-refractivity contribution in [1.82, 2.24) is 10.9 Å². The lowest BCUT2D eigenvalue weighted by Gasteiger charge is -2.16. The predicted molar refractivity (Wildman–Crippen MR) is 104 cm³/mol. The van der Waals surface area contributed by atoms with Gasteiger partial charge in [0.1, 0.15) is 11.5 Å². The highest BCUT2D eigenvalue weighted by molar-refractivity contribution is 5.85. The lowest BCUT2D eigenvalue weighted by molar-refractivity contribution is -0.133. The van der Waals surface area contributed by atoms with E-state index in [1.54, 1.807) is 13.0 Å². The number of amides is 2. The minimum absolute atomic E-state index is 0.199. The van der Waals surface area contributed by atoms with Gasteiger partial charge in [-0.05, 0) is 55.2 Å². The molecule has 6 heteroatoms. The van der Waals surface area contributed by atoms with E-state index in [0.29, 0.717) is 17.4 Å². The lowest BCUT2D eigenvalue weighted by atomic mass is 10.0. The topological polar surface area (TPSA) is 76.7 Å². The third kappa shape index (κ3) is 6.66. The van der Waals surface area contributed by atoms with Crippen LogP contribution in [0.25, 0.3) is 0 Å². The van der Waals surface area contributed by atoms with Crippen LogP contribution in [-0.2, 0) is 9.59 Å². The highest BCUT2D eigenvalue weighted by Gasteiger charge is 2.15. The third-order valence-electron chi connectivity index (χ3n) is 3.91. The van der Waals surface area contributed by atoms with Gasteiger partial charge >= 0.3 is 0 Å². The molecule has 0 bridgehead atoms. The first kappa shape index (κ1) is 20.3. The summed E-state index contributed by atoms with van der Waals surface area (Å²) in [5.74, 6) is 0.705. The number of ether oxygens (including phenoxy) is 2. The Morgan fingerprint density at radius 2 is 1.67 bits per heavy atom. The van der Waals surface area contributed by atoms with E-state index in [1.165, 1.54) is 5.56 Å². The summed E-state index contributed by atoms with van der Waals surface area (Å²) in [5, 5.41) is 0. The zero-order chi connectivity index (χ0) is 19.8. The SMILES string of the molecule is Cc1cccc(OCC(=O)NNC(=O)[C@@H](C)Oc2ccc(C(C)C)cc2)c1. The maximum Gasteiger partial charge on any atom is 0.279 e. The summed E-state index contributed by atoms with van der Waals surface area (Å²) < 4.78 is 11.0. The van der Waals surface area contributed by atoms with Crippen LogP contribution in [0.5, 0.6) is 11.5 Å². The molecule has 0 spiro atoms. The Morgan fingerprint density at radius 3 is 2.30 bits per heavy atom. The van der Waals surface area contributed by atoms with Crippen molar-refractivity contribution in [2.45, 2.75) is 39.7 Å². The van der Waals surface area contributed by atoms with Crippen LogP contribution in [0, 0.1) is 6.92 Å². The normalized spacial score (nSPS) is 11.6. The molecule has 2 amide bonds. The van der Waals surface area contributed by atoms with Crippen LogP contribution in [0.2, 0.25) is 0 Å². The zero-order valence-corrected chi connectivity index (χ0v) is 16.1. The molecule has 0 fully saturated rings. The summed E-state index contributed by atoms with van der Waals surface area (Å²) in [7, 11) is 0. The largest absolute Gasteiger partial charge is 0.484 e. The smallest absolute Gasteiger partial charge is 0.279 e. The van der Waals surface area contributed by atoms with Crippen LogP contribution in [0.15, 0.2) is 48.5 Å². The molecular formula is C21H26N2O4. The van der Waals surface area contributed by atoms with Crippen LogP contribution >= 0.6 is 0 Å². The van der Waals surface area contributed by atoms with Crippen molar-refractivity contribution in [3.05, 3.63) is 59.7 Å². The first-order chi connectivity index (χ1) is 12.8. The number of benzene rings is 2. The number of rotatable bonds is 7. The van der Waals surface area contributed by atoms with Gasteiger partial charge in [-0.1, -0.05) is 38.1 Å². The van der Waals surface area contributed by atoms with Crippen molar-refractivity contribution in [3.8, 4) is 11.5 Å². The Balaban J connectivity index is 1.74. The van der Waals surface area contributed by atoms with E-state index in [9.17, 15) is 9.59 Å². The maximum absolute atomic E-state index is 12.1. The third-order valence-corrected chi connectivity index (χ3v) is 3.91.